The van der Waals surface area contributed by atoms with E-state index < -0.39 is 23.8 Å². The van der Waals surface area contributed by atoms with Crippen molar-refractivity contribution in [1.29, 1.82) is 0 Å². The monoisotopic (exact) mass is 303 g/mol. The Morgan fingerprint density at radius 3 is 2.43 bits per heavy atom. The smallest absolute Gasteiger partial charge is 0.416 e. The summed E-state index contributed by atoms with van der Waals surface area (Å²) in [5, 5.41) is 2.86. The molecule has 118 valence electrons. The van der Waals surface area contributed by atoms with Gasteiger partial charge in [0.05, 0.1) is 12.7 Å². The summed E-state index contributed by atoms with van der Waals surface area (Å²) in [5.74, 6) is -0.243. The van der Waals surface area contributed by atoms with Crippen LogP contribution < -0.4 is 5.32 Å². The highest BCUT2D eigenvalue weighted by molar-refractivity contribution is 5.75. The summed E-state index contributed by atoms with van der Waals surface area (Å²) in [5.41, 5.74) is -0.576. The van der Waals surface area contributed by atoms with E-state index in [9.17, 15) is 18.0 Å². The van der Waals surface area contributed by atoms with E-state index in [2.05, 4.69) is 10.1 Å². The van der Waals surface area contributed by atoms with Crippen molar-refractivity contribution >= 4 is 5.97 Å². The van der Waals surface area contributed by atoms with Gasteiger partial charge >= 0.3 is 12.1 Å². The van der Waals surface area contributed by atoms with Gasteiger partial charge in [-0.25, -0.2) is 0 Å². The predicted molar refractivity (Wildman–Crippen MR) is 73.5 cm³/mol. The number of esters is 1. The van der Waals surface area contributed by atoms with Gasteiger partial charge < -0.3 is 10.1 Å². The van der Waals surface area contributed by atoms with E-state index in [0.29, 0.717) is 6.42 Å². The fourth-order valence-electron chi connectivity index (χ4n) is 2.06. The minimum Gasteiger partial charge on any atom is -0.468 e. The van der Waals surface area contributed by atoms with Gasteiger partial charge in [-0.15, -0.1) is 0 Å². The first kappa shape index (κ1) is 17.5. The maximum Gasteiger partial charge on any atom is 0.416 e. The second-order valence-electron chi connectivity index (χ2n) is 5.24. The van der Waals surface area contributed by atoms with E-state index in [-0.39, 0.29) is 18.0 Å². The molecule has 0 heterocycles. The molecule has 3 nitrogen and oxygen atoms in total. The van der Waals surface area contributed by atoms with Crippen molar-refractivity contribution in [3.63, 3.8) is 0 Å². The molecule has 0 saturated heterocycles. The number of methoxy groups -OCH3 is 1. The first-order valence-corrected chi connectivity index (χ1v) is 6.72. The third-order valence-electron chi connectivity index (χ3n) is 3.05. The third-order valence-corrected chi connectivity index (χ3v) is 3.05. The van der Waals surface area contributed by atoms with Crippen LogP contribution in [0, 0.1) is 5.92 Å². The number of ether oxygens (including phenoxy) is 1. The summed E-state index contributed by atoms with van der Waals surface area (Å²) in [7, 11) is 1.26. The number of benzene rings is 1. The Morgan fingerprint density at radius 1 is 1.29 bits per heavy atom. The molecule has 1 rings (SSSR count). The second kappa shape index (κ2) is 7.45. The molecule has 1 atom stereocenters. The highest BCUT2D eigenvalue weighted by Gasteiger charge is 2.33. The molecule has 0 fully saturated rings. The Labute approximate surface area is 122 Å². The number of carbonyl (C=O) groups excluding carboxylic acids is 1. The Morgan fingerprint density at radius 2 is 1.90 bits per heavy atom. The maximum absolute atomic E-state index is 12.9. The summed E-state index contributed by atoms with van der Waals surface area (Å²) in [4.78, 5) is 11.6. The van der Waals surface area contributed by atoms with E-state index in [4.69, 9.17) is 0 Å². The van der Waals surface area contributed by atoms with Crippen molar-refractivity contribution in [2.75, 3.05) is 7.11 Å². The number of alkyl halides is 3. The SMILES string of the molecule is COC(=O)C(CC(C)C)NCc1ccccc1C(F)(F)F. The summed E-state index contributed by atoms with van der Waals surface area (Å²) < 4.78 is 43.3. The summed E-state index contributed by atoms with van der Waals surface area (Å²) in [6, 6.07) is 4.71. The average Bonchev–Trinajstić information content (AvgIpc) is 2.41. The zero-order chi connectivity index (χ0) is 16.0. The molecule has 0 aromatic heterocycles. The standard InChI is InChI=1S/C15H20F3NO2/c1-10(2)8-13(14(20)21-3)19-9-11-6-4-5-7-12(11)15(16,17)18/h4-7,10,13,19H,8-9H2,1-3H3. The van der Waals surface area contributed by atoms with E-state index >= 15 is 0 Å². The van der Waals surface area contributed by atoms with Crippen LogP contribution in [0.1, 0.15) is 31.4 Å². The molecule has 6 heteroatoms. The van der Waals surface area contributed by atoms with Crippen molar-refractivity contribution in [1.82, 2.24) is 5.32 Å². The minimum atomic E-state index is -4.41. The van der Waals surface area contributed by atoms with Gasteiger partial charge in [-0.1, -0.05) is 32.0 Å². The first-order chi connectivity index (χ1) is 9.75. The summed E-state index contributed by atoms with van der Waals surface area (Å²) in [6.07, 6.45) is -3.90. The van der Waals surface area contributed by atoms with Crippen LogP contribution in [0.2, 0.25) is 0 Å². The lowest BCUT2D eigenvalue weighted by molar-refractivity contribution is -0.143. The number of halogens is 3. The summed E-state index contributed by atoms with van der Waals surface area (Å²) in [6.45, 7) is 3.82. The summed E-state index contributed by atoms with van der Waals surface area (Å²) >= 11 is 0. The Bertz CT molecular complexity index is 472. The van der Waals surface area contributed by atoms with Gasteiger partial charge in [0.2, 0.25) is 0 Å². The zero-order valence-corrected chi connectivity index (χ0v) is 12.3. The number of hydrogen-bond donors (Lipinski definition) is 1. The largest absolute Gasteiger partial charge is 0.468 e. The first-order valence-electron chi connectivity index (χ1n) is 6.72. The molecule has 1 aromatic rings. The van der Waals surface area contributed by atoms with Gasteiger partial charge in [-0.3, -0.25) is 4.79 Å². The fraction of sp³-hybridized carbons (Fsp3) is 0.533. The molecule has 1 aromatic carbocycles. The molecule has 1 unspecified atom stereocenters. The lowest BCUT2D eigenvalue weighted by Gasteiger charge is -2.20. The van der Waals surface area contributed by atoms with E-state index in [1.807, 2.05) is 13.8 Å². The van der Waals surface area contributed by atoms with E-state index in [0.717, 1.165) is 6.07 Å². The van der Waals surface area contributed by atoms with Crippen LogP contribution in [0.25, 0.3) is 0 Å². The Balaban J connectivity index is 2.83. The number of rotatable bonds is 6. The molecule has 0 aliphatic carbocycles. The number of carbonyl (C=O) groups is 1. The van der Waals surface area contributed by atoms with Crippen LogP contribution in [0.4, 0.5) is 13.2 Å². The van der Waals surface area contributed by atoms with E-state index in [1.165, 1.54) is 19.2 Å². The molecule has 21 heavy (non-hydrogen) atoms. The molecule has 0 spiro atoms. The molecular weight excluding hydrogens is 283 g/mol. The second-order valence-corrected chi connectivity index (χ2v) is 5.24. The van der Waals surface area contributed by atoms with E-state index in [1.54, 1.807) is 6.07 Å². The molecule has 0 amide bonds. The lowest BCUT2D eigenvalue weighted by Crippen LogP contribution is -2.38. The fourth-order valence-corrected chi connectivity index (χ4v) is 2.06. The van der Waals surface area contributed by atoms with Gasteiger partial charge in [-0.05, 0) is 24.0 Å². The highest BCUT2D eigenvalue weighted by Crippen LogP contribution is 2.31. The van der Waals surface area contributed by atoms with Crippen LogP contribution in [0.5, 0.6) is 0 Å². The third kappa shape index (κ3) is 5.38. The molecule has 0 aliphatic heterocycles. The van der Waals surface area contributed by atoms with Crippen LogP contribution in [0.15, 0.2) is 24.3 Å². The molecule has 0 bridgehead atoms. The van der Waals surface area contributed by atoms with Crippen LogP contribution in [0.3, 0.4) is 0 Å². The van der Waals surface area contributed by atoms with Gasteiger partial charge in [0.1, 0.15) is 6.04 Å². The Hall–Kier alpha value is -1.56. The molecule has 0 aliphatic rings. The maximum atomic E-state index is 12.9. The normalized spacial score (nSPS) is 13.3. The highest BCUT2D eigenvalue weighted by atomic mass is 19.4. The van der Waals surface area contributed by atoms with Crippen molar-refractivity contribution < 1.29 is 22.7 Å². The van der Waals surface area contributed by atoms with Crippen molar-refractivity contribution in [2.45, 2.75) is 39.0 Å². The van der Waals surface area contributed by atoms with Gasteiger partial charge in [-0.2, -0.15) is 13.2 Å². The Kier molecular flexibility index (Phi) is 6.20. The van der Waals surface area contributed by atoms with Crippen molar-refractivity contribution in [3.8, 4) is 0 Å². The molecule has 0 saturated carbocycles. The molecule has 1 N–H and O–H groups in total. The van der Waals surface area contributed by atoms with Crippen LogP contribution >= 0.6 is 0 Å². The molecular formula is C15H20F3NO2. The van der Waals surface area contributed by atoms with Crippen molar-refractivity contribution in [2.24, 2.45) is 5.92 Å². The van der Waals surface area contributed by atoms with Crippen LogP contribution in [-0.4, -0.2) is 19.1 Å². The quantitative estimate of drug-likeness (QED) is 0.819. The van der Waals surface area contributed by atoms with Gasteiger partial charge in [0.15, 0.2) is 0 Å². The van der Waals surface area contributed by atoms with Gasteiger partial charge in [0.25, 0.3) is 0 Å². The van der Waals surface area contributed by atoms with Crippen LogP contribution in [-0.2, 0) is 22.3 Å². The zero-order valence-electron chi connectivity index (χ0n) is 12.3. The number of hydrogen-bond acceptors (Lipinski definition) is 3. The predicted octanol–water partition coefficient (Wildman–Crippen LogP) is 3.38. The topological polar surface area (TPSA) is 38.3 Å². The minimum absolute atomic E-state index is 0.0395. The van der Waals surface area contributed by atoms with Crippen molar-refractivity contribution in [3.05, 3.63) is 35.4 Å². The number of nitrogens with one attached hydrogen (secondary N) is 1. The average molecular weight is 303 g/mol. The van der Waals surface area contributed by atoms with Gasteiger partial charge in [0, 0.05) is 6.54 Å². The molecule has 0 radical (unpaired) electrons. The lowest BCUT2D eigenvalue weighted by atomic mass is 10.0.